The molecule has 0 aliphatic carbocycles. The molecule has 1 unspecified atom stereocenters. The molecule has 3 heteroatoms. The summed E-state index contributed by atoms with van der Waals surface area (Å²) in [5, 5.41) is 0. The fourth-order valence-corrected chi connectivity index (χ4v) is 1.81. The van der Waals surface area contributed by atoms with E-state index in [9.17, 15) is 0 Å². The lowest BCUT2D eigenvalue weighted by Crippen LogP contribution is -2.31. The summed E-state index contributed by atoms with van der Waals surface area (Å²) in [6, 6.07) is 8.46. The van der Waals surface area contributed by atoms with Gasteiger partial charge in [-0.2, -0.15) is 0 Å². The number of methoxy groups -OCH3 is 1. The molecule has 0 saturated carbocycles. The summed E-state index contributed by atoms with van der Waals surface area (Å²) in [7, 11) is 3.90. The fourth-order valence-electron chi connectivity index (χ4n) is 1.81. The first-order valence-corrected chi connectivity index (χ1v) is 6.46. The van der Waals surface area contributed by atoms with Crippen LogP contribution < -0.4 is 5.73 Å². The van der Waals surface area contributed by atoms with Crippen LogP contribution in [0.15, 0.2) is 24.3 Å². The number of hydrogen-bond donors (Lipinski definition) is 1. The van der Waals surface area contributed by atoms with E-state index >= 15 is 0 Å². The molecule has 3 nitrogen and oxygen atoms in total. The minimum absolute atomic E-state index is 0.0658. The van der Waals surface area contributed by atoms with Crippen LogP contribution in [0.5, 0.6) is 0 Å². The summed E-state index contributed by atoms with van der Waals surface area (Å²) in [6.45, 7) is 7.43. The van der Waals surface area contributed by atoms with Crippen LogP contribution in [0.25, 0.3) is 0 Å². The van der Waals surface area contributed by atoms with E-state index in [4.69, 9.17) is 10.5 Å². The Morgan fingerprint density at radius 1 is 1.39 bits per heavy atom. The maximum absolute atomic E-state index is 5.82. The van der Waals surface area contributed by atoms with Crippen molar-refractivity contribution < 1.29 is 4.74 Å². The van der Waals surface area contributed by atoms with E-state index in [1.807, 2.05) is 18.2 Å². The molecular formula is C15H26N2O. The molecule has 102 valence electrons. The highest BCUT2D eigenvalue weighted by Gasteiger charge is 2.19. The Morgan fingerprint density at radius 2 is 2.06 bits per heavy atom. The van der Waals surface area contributed by atoms with Gasteiger partial charge in [0, 0.05) is 25.4 Å². The topological polar surface area (TPSA) is 38.5 Å². The van der Waals surface area contributed by atoms with E-state index in [0.29, 0.717) is 6.04 Å². The third-order valence-corrected chi connectivity index (χ3v) is 3.67. The average molecular weight is 250 g/mol. The van der Waals surface area contributed by atoms with Gasteiger partial charge in [-0.15, -0.1) is 0 Å². The first-order valence-electron chi connectivity index (χ1n) is 6.46. The summed E-state index contributed by atoms with van der Waals surface area (Å²) in [5.41, 5.74) is 7.84. The monoisotopic (exact) mass is 250 g/mol. The summed E-state index contributed by atoms with van der Waals surface area (Å²) < 4.78 is 5.45. The highest BCUT2D eigenvalue weighted by atomic mass is 16.5. The number of rotatable bonds is 6. The van der Waals surface area contributed by atoms with Crippen molar-refractivity contribution in [3.63, 3.8) is 0 Å². The van der Waals surface area contributed by atoms with Crippen molar-refractivity contribution in [2.75, 3.05) is 26.4 Å². The van der Waals surface area contributed by atoms with E-state index in [2.05, 4.69) is 38.8 Å². The quantitative estimate of drug-likeness (QED) is 0.789. The van der Waals surface area contributed by atoms with Crippen LogP contribution in [0.4, 0.5) is 5.69 Å². The van der Waals surface area contributed by atoms with Gasteiger partial charge in [0.25, 0.3) is 0 Å². The highest BCUT2D eigenvalue weighted by Crippen LogP contribution is 2.22. The van der Waals surface area contributed by atoms with E-state index in [0.717, 1.165) is 18.7 Å². The van der Waals surface area contributed by atoms with Crippen molar-refractivity contribution in [1.29, 1.82) is 0 Å². The minimum Gasteiger partial charge on any atom is -0.399 e. The fraction of sp³-hybridized carbons (Fsp3) is 0.600. The number of nitrogens with zero attached hydrogens (tertiary/aromatic N) is 1. The van der Waals surface area contributed by atoms with Crippen LogP contribution >= 0.6 is 0 Å². The Labute approximate surface area is 111 Å². The van der Waals surface area contributed by atoms with Crippen LogP contribution in [-0.4, -0.2) is 31.2 Å². The molecule has 0 aliphatic rings. The second-order valence-electron chi connectivity index (χ2n) is 5.54. The smallest absolute Gasteiger partial charge is 0.0634 e. The molecule has 1 rings (SSSR count). The molecule has 0 amide bonds. The Bertz CT molecular complexity index is 377. The van der Waals surface area contributed by atoms with Crippen LogP contribution in [0.2, 0.25) is 0 Å². The van der Waals surface area contributed by atoms with Crippen molar-refractivity contribution in [2.45, 2.75) is 38.8 Å². The predicted octanol–water partition coefficient (Wildman–Crippen LogP) is 3.08. The summed E-state index contributed by atoms with van der Waals surface area (Å²) >= 11 is 0. The zero-order valence-electron chi connectivity index (χ0n) is 12.2. The molecular weight excluding hydrogens is 224 g/mol. The first-order chi connectivity index (χ1) is 8.35. The van der Waals surface area contributed by atoms with Crippen LogP contribution in [-0.2, 0) is 4.74 Å². The van der Waals surface area contributed by atoms with E-state index in [1.54, 1.807) is 7.11 Å². The molecule has 0 saturated heterocycles. The lowest BCUT2D eigenvalue weighted by atomic mass is 10.0. The van der Waals surface area contributed by atoms with E-state index in [-0.39, 0.29) is 5.60 Å². The van der Waals surface area contributed by atoms with Gasteiger partial charge in [-0.3, -0.25) is 4.90 Å². The van der Waals surface area contributed by atoms with Gasteiger partial charge in [-0.05, 0) is 51.9 Å². The zero-order chi connectivity index (χ0) is 13.8. The first kappa shape index (κ1) is 15.0. The van der Waals surface area contributed by atoms with Crippen molar-refractivity contribution in [1.82, 2.24) is 4.90 Å². The average Bonchev–Trinajstić information content (AvgIpc) is 2.35. The molecule has 1 atom stereocenters. The van der Waals surface area contributed by atoms with Gasteiger partial charge in [-0.1, -0.05) is 12.1 Å². The normalized spacial score (nSPS) is 13.9. The molecule has 1 aromatic rings. The van der Waals surface area contributed by atoms with Gasteiger partial charge < -0.3 is 10.5 Å². The number of hydrogen-bond acceptors (Lipinski definition) is 3. The van der Waals surface area contributed by atoms with E-state index in [1.165, 1.54) is 5.56 Å². The number of nitrogens with two attached hydrogens (primary N) is 1. The van der Waals surface area contributed by atoms with Crippen LogP contribution in [0.3, 0.4) is 0 Å². The SMILES string of the molecule is COC(C)(C)CCN(C)C(C)c1cccc(N)c1. The second kappa shape index (κ2) is 6.21. The van der Waals surface area contributed by atoms with Gasteiger partial charge in [0.2, 0.25) is 0 Å². The largest absolute Gasteiger partial charge is 0.399 e. The number of ether oxygens (including phenoxy) is 1. The van der Waals surface area contributed by atoms with Crippen LogP contribution in [0, 0.1) is 0 Å². The van der Waals surface area contributed by atoms with Gasteiger partial charge >= 0.3 is 0 Å². The number of nitrogen functional groups attached to an aromatic ring is 1. The predicted molar refractivity (Wildman–Crippen MR) is 77.6 cm³/mol. The van der Waals surface area contributed by atoms with Crippen molar-refractivity contribution in [2.24, 2.45) is 0 Å². The number of benzene rings is 1. The third-order valence-electron chi connectivity index (χ3n) is 3.67. The van der Waals surface area contributed by atoms with Gasteiger partial charge in [0.05, 0.1) is 5.60 Å². The second-order valence-corrected chi connectivity index (χ2v) is 5.54. The maximum atomic E-state index is 5.82. The molecule has 0 heterocycles. The number of anilines is 1. The Kier molecular flexibility index (Phi) is 5.17. The summed E-state index contributed by atoms with van der Waals surface area (Å²) in [5.74, 6) is 0. The third kappa shape index (κ3) is 4.31. The maximum Gasteiger partial charge on any atom is 0.0634 e. The van der Waals surface area contributed by atoms with Crippen molar-refractivity contribution >= 4 is 5.69 Å². The minimum atomic E-state index is -0.0658. The highest BCUT2D eigenvalue weighted by molar-refractivity contribution is 5.41. The van der Waals surface area contributed by atoms with Crippen molar-refractivity contribution in [3.8, 4) is 0 Å². The lowest BCUT2D eigenvalue weighted by molar-refractivity contribution is 0.00679. The van der Waals surface area contributed by atoms with Crippen molar-refractivity contribution in [3.05, 3.63) is 29.8 Å². The van der Waals surface area contributed by atoms with E-state index < -0.39 is 0 Å². The van der Waals surface area contributed by atoms with Gasteiger partial charge in [0.15, 0.2) is 0 Å². The summed E-state index contributed by atoms with van der Waals surface area (Å²) in [4.78, 5) is 2.33. The molecule has 2 N–H and O–H groups in total. The zero-order valence-corrected chi connectivity index (χ0v) is 12.2. The van der Waals surface area contributed by atoms with Crippen LogP contribution in [0.1, 0.15) is 38.8 Å². The molecule has 18 heavy (non-hydrogen) atoms. The Hall–Kier alpha value is -1.06. The molecule has 0 aromatic heterocycles. The molecule has 1 aromatic carbocycles. The molecule has 0 radical (unpaired) electrons. The Morgan fingerprint density at radius 3 is 2.61 bits per heavy atom. The summed E-state index contributed by atoms with van der Waals surface area (Å²) in [6.07, 6.45) is 1.01. The standard InChI is InChI=1S/C15H26N2O/c1-12(13-7-6-8-14(16)11-13)17(4)10-9-15(2,3)18-5/h6-8,11-12H,9-10,16H2,1-5H3. The Balaban J connectivity index is 2.59. The molecule has 0 aliphatic heterocycles. The van der Waals surface area contributed by atoms with Gasteiger partial charge in [-0.25, -0.2) is 0 Å². The molecule has 0 fully saturated rings. The van der Waals surface area contributed by atoms with Gasteiger partial charge in [0.1, 0.15) is 0 Å². The molecule has 0 bridgehead atoms. The lowest BCUT2D eigenvalue weighted by Gasteiger charge is -2.30. The molecule has 0 spiro atoms.